The van der Waals surface area contributed by atoms with Crippen LogP contribution in [0.1, 0.15) is 24.3 Å². The van der Waals surface area contributed by atoms with Gasteiger partial charge in [0.1, 0.15) is 5.78 Å². The van der Waals surface area contributed by atoms with Crippen LogP contribution in [0.2, 0.25) is 0 Å². The number of aliphatic hydroxyl groups excluding tert-OH is 1. The van der Waals surface area contributed by atoms with Gasteiger partial charge in [0, 0.05) is 39.6 Å². The first-order valence-corrected chi connectivity index (χ1v) is 8.48. The van der Waals surface area contributed by atoms with Crippen molar-refractivity contribution in [2.45, 2.75) is 20.0 Å². The average molecular weight is 366 g/mol. The molecule has 1 aromatic heterocycles. The third-order valence-electron chi connectivity index (χ3n) is 2.18. The molecule has 0 radical (unpaired) electrons. The largest absolute Gasteiger partial charge is 0.387 e. The fourth-order valence-corrected chi connectivity index (χ4v) is 2.77. The molecule has 17 heavy (non-hydrogen) atoms. The van der Waals surface area contributed by atoms with E-state index in [1.54, 1.807) is 19.2 Å². The maximum Gasteiger partial charge on any atom is 0.144 e. The van der Waals surface area contributed by atoms with Crippen molar-refractivity contribution in [1.29, 1.82) is 0 Å². The summed E-state index contributed by atoms with van der Waals surface area (Å²) in [6, 6.07) is 3.65. The fraction of sp³-hybridized carbons (Fsp3) is 0.455. The van der Waals surface area contributed by atoms with Crippen molar-refractivity contribution >= 4 is 36.1 Å². The van der Waals surface area contributed by atoms with E-state index in [-0.39, 0.29) is 5.78 Å². The molecule has 94 valence electrons. The lowest BCUT2D eigenvalue weighted by atomic mass is 10.1. The lowest BCUT2D eigenvalue weighted by Crippen LogP contribution is -2.26. The molecule has 0 aliphatic carbocycles. The molecule has 1 aromatic rings. The van der Waals surface area contributed by atoms with Crippen LogP contribution in [0.25, 0.3) is 0 Å². The standard InChI is InChI=1S/C11H15IN2O2S/c1-8-5-10(3-4-13-8)11(16)7-14(17-12)6-9(2)15/h3-5,11,16H,6-7H2,1-2H3. The van der Waals surface area contributed by atoms with E-state index < -0.39 is 6.10 Å². The van der Waals surface area contributed by atoms with Crippen molar-refractivity contribution in [2.24, 2.45) is 0 Å². The molecule has 0 fully saturated rings. The summed E-state index contributed by atoms with van der Waals surface area (Å²) in [6.07, 6.45) is 1.08. The van der Waals surface area contributed by atoms with Crippen molar-refractivity contribution in [1.82, 2.24) is 9.29 Å². The van der Waals surface area contributed by atoms with Crippen molar-refractivity contribution in [3.63, 3.8) is 0 Å². The Balaban J connectivity index is 2.63. The first-order chi connectivity index (χ1) is 8.02. The van der Waals surface area contributed by atoms with E-state index in [1.165, 1.54) is 9.12 Å². The van der Waals surface area contributed by atoms with Crippen LogP contribution in [0.15, 0.2) is 18.3 Å². The second-order valence-corrected chi connectivity index (χ2v) is 5.68. The SMILES string of the molecule is CC(=O)CN(CC(O)c1ccnc(C)c1)SI. The summed E-state index contributed by atoms with van der Waals surface area (Å²) < 4.78 is 1.84. The van der Waals surface area contributed by atoms with Crippen LogP contribution in [-0.4, -0.2) is 33.3 Å². The van der Waals surface area contributed by atoms with E-state index in [9.17, 15) is 9.90 Å². The number of ketones is 1. The minimum absolute atomic E-state index is 0.0901. The average Bonchev–Trinajstić information content (AvgIpc) is 2.27. The van der Waals surface area contributed by atoms with E-state index in [0.29, 0.717) is 13.1 Å². The highest BCUT2D eigenvalue weighted by Gasteiger charge is 2.15. The molecule has 1 N–H and O–H groups in total. The lowest BCUT2D eigenvalue weighted by molar-refractivity contribution is -0.117. The number of nitrogens with zero attached hydrogens (tertiary/aromatic N) is 2. The van der Waals surface area contributed by atoms with Gasteiger partial charge in [0.15, 0.2) is 0 Å². The fourth-order valence-electron chi connectivity index (χ4n) is 1.44. The van der Waals surface area contributed by atoms with Gasteiger partial charge in [0.25, 0.3) is 0 Å². The quantitative estimate of drug-likeness (QED) is 0.619. The molecule has 6 heteroatoms. The molecule has 0 bridgehead atoms. The summed E-state index contributed by atoms with van der Waals surface area (Å²) in [7, 11) is 1.43. The van der Waals surface area contributed by atoms with Gasteiger partial charge < -0.3 is 5.11 Å². The van der Waals surface area contributed by atoms with E-state index in [2.05, 4.69) is 26.2 Å². The van der Waals surface area contributed by atoms with Gasteiger partial charge in [-0.1, -0.05) is 0 Å². The van der Waals surface area contributed by atoms with Gasteiger partial charge in [-0.3, -0.25) is 9.78 Å². The number of hydrogen-bond acceptors (Lipinski definition) is 5. The predicted octanol–water partition coefficient (Wildman–Crippen LogP) is 2.31. The van der Waals surface area contributed by atoms with Crippen molar-refractivity contribution < 1.29 is 9.90 Å². The van der Waals surface area contributed by atoms with Gasteiger partial charge >= 0.3 is 0 Å². The van der Waals surface area contributed by atoms with E-state index in [4.69, 9.17) is 0 Å². The Morgan fingerprint density at radius 3 is 2.94 bits per heavy atom. The zero-order valence-corrected chi connectivity index (χ0v) is 12.7. The zero-order chi connectivity index (χ0) is 12.8. The number of Topliss-reactive ketones (excluding diaryl/α,β-unsaturated/α-hetero) is 1. The molecule has 1 rings (SSSR count). The highest BCUT2D eigenvalue weighted by Crippen LogP contribution is 2.23. The predicted molar refractivity (Wildman–Crippen MR) is 77.8 cm³/mol. The Hall–Kier alpha value is -0.180. The van der Waals surface area contributed by atoms with Crippen molar-refractivity contribution in [2.75, 3.05) is 13.1 Å². The van der Waals surface area contributed by atoms with E-state index in [0.717, 1.165) is 11.3 Å². The zero-order valence-electron chi connectivity index (χ0n) is 9.76. The van der Waals surface area contributed by atoms with Crippen LogP contribution < -0.4 is 0 Å². The van der Waals surface area contributed by atoms with Gasteiger partial charge in [-0.15, -0.1) is 0 Å². The Labute approximate surface area is 118 Å². The van der Waals surface area contributed by atoms with Crippen molar-refractivity contribution in [3.8, 4) is 0 Å². The molecule has 1 unspecified atom stereocenters. The molecule has 4 nitrogen and oxygen atoms in total. The lowest BCUT2D eigenvalue weighted by Gasteiger charge is -2.20. The maximum absolute atomic E-state index is 11.0. The monoisotopic (exact) mass is 366 g/mol. The smallest absolute Gasteiger partial charge is 0.144 e. The van der Waals surface area contributed by atoms with Crippen molar-refractivity contribution in [3.05, 3.63) is 29.6 Å². The normalized spacial score (nSPS) is 12.8. The topological polar surface area (TPSA) is 53.4 Å². The molecule has 0 aliphatic rings. The maximum atomic E-state index is 11.0. The Morgan fingerprint density at radius 2 is 2.41 bits per heavy atom. The molecular formula is C11H15IN2O2S. The molecule has 0 saturated heterocycles. The number of carbonyl (C=O) groups excluding carboxylic acids is 1. The van der Waals surface area contributed by atoms with E-state index in [1.807, 2.05) is 17.3 Å². The second kappa shape index (κ2) is 7.30. The summed E-state index contributed by atoms with van der Waals surface area (Å²) in [5.41, 5.74) is 1.71. The molecule has 0 spiro atoms. The minimum Gasteiger partial charge on any atom is -0.387 e. The highest BCUT2D eigenvalue weighted by atomic mass is 127. The third kappa shape index (κ3) is 5.33. The third-order valence-corrected chi connectivity index (χ3v) is 4.32. The van der Waals surface area contributed by atoms with Crippen LogP contribution in [0.3, 0.4) is 0 Å². The van der Waals surface area contributed by atoms with Gasteiger partial charge in [0.05, 0.1) is 12.6 Å². The molecule has 1 atom stereocenters. The second-order valence-electron chi connectivity index (χ2n) is 3.84. The first-order valence-electron chi connectivity index (χ1n) is 5.16. The number of pyridine rings is 1. The van der Waals surface area contributed by atoms with Gasteiger partial charge in [-0.2, -0.15) is 0 Å². The van der Waals surface area contributed by atoms with Crippen LogP contribution in [0.5, 0.6) is 0 Å². The van der Waals surface area contributed by atoms with E-state index >= 15 is 0 Å². The van der Waals surface area contributed by atoms with Gasteiger partial charge in [-0.25, -0.2) is 4.31 Å². The number of carbonyl (C=O) groups is 1. The van der Waals surface area contributed by atoms with Gasteiger partial charge in [0.2, 0.25) is 0 Å². The first kappa shape index (κ1) is 14.9. The van der Waals surface area contributed by atoms with Crippen LogP contribution >= 0.6 is 30.3 Å². The summed E-state index contributed by atoms with van der Waals surface area (Å²) in [5.74, 6) is 0.0901. The van der Waals surface area contributed by atoms with Crippen LogP contribution in [-0.2, 0) is 4.79 Å². The number of rotatable bonds is 6. The number of halogens is 1. The molecule has 0 aliphatic heterocycles. The number of aliphatic hydroxyl groups is 1. The van der Waals surface area contributed by atoms with Crippen LogP contribution in [0.4, 0.5) is 0 Å². The molecular weight excluding hydrogens is 351 g/mol. The molecule has 0 saturated carbocycles. The summed E-state index contributed by atoms with van der Waals surface area (Å²) in [4.78, 5) is 15.1. The number of aryl methyl sites for hydroxylation is 1. The summed E-state index contributed by atoms with van der Waals surface area (Å²) in [5, 5.41) is 10.1. The highest BCUT2D eigenvalue weighted by molar-refractivity contribution is 14.2. The Kier molecular flexibility index (Phi) is 6.39. The molecule has 0 aromatic carbocycles. The Bertz CT molecular complexity index is 389. The molecule has 0 amide bonds. The van der Waals surface area contributed by atoms with Gasteiger partial charge in [-0.05, 0) is 40.7 Å². The Morgan fingerprint density at radius 1 is 1.71 bits per heavy atom. The molecule has 1 heterocycles. The summed E-state index contributed by atoms with van der Waals surface area (Å²) >= 11 is 2.11. The number of aromatic nitrogens is 1. The summed E-state index contributed by atoms with van der Waals surface area (Å²) in [6.45, 7) is 4.20. The number of hydrogen-bond donors (Lipinski definition) is 1. The van der Waals surface area contributed by atoms with Crippen LogP contribution in [0, 0.1) is 6.92 Å². The minimum atomic E-state index is -0.599.